The minimum Gasteiger partial charge on any atom is -0.454 e. The fraction of sp³-hybridized carbons (Fsp3) is 0.333. The molecule has 2 aromatic rings. The zero-order valence-corrected chi connectivity index (χ0v) is 9.97. The van der Waals surface area contributed by atoms with Crippen LogP contribution in [0.2, 0.25) is 0 Å². The van der Waals surface area contributed by atoms with Crippen LogP contribution in [-0.4, -0.2) is 17.0 Å². The molecule has 2 heterocycles. The van der Waals surface area contributed by atoms with E-state index in [0.717, 1.165) is 17.1 Å². The van der Waals surface area contributed by atoms with Crippen molar-refractivity contribution in [3.63, 3.8) is 0 Å². The van der Waals surface area contributed by atoms with Crippen molar-refractivity contribution in [1.29, 1.82) is 0 Å². The van der Waals surface area contributed by atoms with Crippen LogP contribution >= 0.6 is 0 Å². The maximum atomic E-state index is 5.42. The van der Waals surface area contributed by atoms with Gasteiger partial charge in [-0.05, 0) is 6.07 Å². The number of nitrogens with one attached hydrogen (secondary N) is 1. The van der Waals surface area contributed by atoms with Gasteiger partial charge in [0.2, 0.25) is 18.6 Å². The average molecular weight is 247 g/mol. The van der Waals surface area contributed by atoms with E-state index in [1.165, 1.54) is 0 Å². The highest BCUT2D eigenvalue weighted by molar-refractivity contribution is 5.48. The molecule has 0 spiro atoms. The number of benzene rings is 1. The molecular weight excluding hydrogens is 234 g/mol. The summed E-state index contributed by atoms with van der Waals surface area (Å²) in [5, 5.41) is 10.9. The number of hydrogen-bond donors (Lipinski definition) is 1. The molecule has 1 aliphatic rings. The smallest absolute Gasteiger partial charge is 0.231 e. The van der Waals surface area contributed by atoms with E-state index in [9.17, 15) is 0 Å². The highest BCUT2D eigenvalue weighted by Crippen LogP contribution is 2.35. The molecule has 0 radical (unpaired) electrons. The summed E-state index contributed by atoms with van der Waals surface area (Å²) in [7, 11) is 0. The van der Waals surface area contributed by atoms with Gasteiger partial charge in [0.25, 0.3) is 0 Å². The largest absolute Gasteiger partial charge is 0.454 e. The molecule has 1 aromatic heterocycles. The second-order valence-electron chi connectivity index (χ2n) is 3.97. The van der Waals surface area contributed by atoms with E-state index < -0.39 is 0 Å². The molecule has 94 valence electrons. The van der Waals surface area contributed by atoms with E-state index in [0.29, 0.717) is 24.9 Å². The quantitative estimate of drug-likeness (QED) is 0.880. The molecule has 0 unspecified atom stereocenters. The number of aromatic nitrogens is 2. The highest BCUT2D eigenvalue weighted by atomic mass is 16.7. The number of aryl methyl sites for hydroxylation is 1. The molecule has 0 saturated carbocycles. The topological polar surface area (TPSA) is 69.4 Å². The molecule has 0 fully saturated rings. The van der Waals surface area contributed by atoms with Crippen molar-refractivity contribution in [2.24, 2.45) is 0 Å². The van der Waals surface area contributed by atoms with Crippen molar-refractivity contribution in [2.45, 2.75) is 20.0 Å². The maximum absolute atomic E-state index is 5.42. The van der Waals surface area contributed by atoms with Crippen LogP contribution in [0.25, 0.3) is 0 Å². The molecule has 3 rings (SSSR count). The number of ether oxygens (including phenoxy) is 2. The van der Waals surface area contributed by atoms with Crippen LogP contribution in [0.5, 0.6) is 11.5 Å². The predicted molar refractivity (Wildman–Crippen MR) is 62.1 cm³/mol. The molecule has 0 atom stereocenters. The maximum Gasteiger partial charge on any atom is 0.231 e. The van der Waals surface area contributed by atoms with Crippen molar-refractivity contribution in [1.82, 2.24) is 15.5 Å². The van der Waals surface area contributed by atoms with Crippen LogP contribution < -0.4 is 14.8 Å². The summed E-state index contributed by atoms with van der Waals surface area (Å²) in [6.45, 7) is 3.25. The van der Waals surface area contributed by atoms with Gasteiger partial charge in [0, 0.05) is 19.0 Å². The summed E-state index contributed by atoms with van der Waals surface area (Å²) in [5.41, 5.74) is 1.06. The first-order valence-electron chi connectivity index (χ1n) is 5.70. The van der Waals surface area contributed by atoms with Gasteiger partial charge in [0.1, 0.15) is 0 Å². The van der Waals surface area contributed by atoms with Crippen molar-refractivity contribution < 1.29 is 13.9 Å². The summed E-state index contributed by atoms with van der Waals surface area (Å²) in [6.07, 6.45) is 0. The zero-order chi connectivity index (χ0) is 12.4. The van der Waals surface area contributed by atoms with E-state index in [1.54, 1.807) is 6.92 Å². The summed E-state index contributed by atoms with van der Waals surface area (Å²) in [4.78, 5) is 0. The second kappa shape index (κ2) is 4.66. The molecule has 0 saturated heterocycles. The third kappa shape index (κ3) is 2.14. The molecule has 6 nitrogen and oxygen atoms in total. The Morgan fingerprint density at radius 2 is 2.17 bits per heavy atom. The fourth-order valence-electron chi connectivity index (χ4n) is 1.84. The number of hydrogen-bond acceptors (Lipinski definition) is 6. The van der Waals surface area contributed by atoms with Crippen molar-refractivity contribution >= 4 is 0 Å². The third-order valence-electron chi connectivity index (χ3n) is 2.64. The van der Waals surface area contributed by atoms with Crippen LogP contribution in [0.3, 0.4) is 0 Å². The van der Waals surface area contributed by atoms with Gasteiger partial charge in [-0.2, -0.15) is 0 Å². The Bertz CT molecular complexity index is 553. The summed E-state index contributed by atoms with van der Waals surface area (Å²) in [5.74, 6) is 2.76. The summed E-state index contributed by atoms with van der Waals surface area (Å²) >= 11 is 0. The Morgan fingerprint density at radius 1 is 1.22 bits per heavy atom. The molecular formula is C12H13N3O3. The van der Waals surface area contributed by atoms with Crippen LogP contribution in [0.15, 0.2) is 22.6 Å². The summed E-state index contributed by atoms with van der Waals surface area (Å²) in [6, 6.07) is 5.84. The van der Waals surface area contributed by atoms with Crippen LogP contribution in [0.4, 0.5) is 0 Å². The summed E-state index contributed by atoms with van der Waals surface area (Å²) < 4.78 is 16.0. The first-order chi connectivity index (χ1) is 8.83. The Kier molecular flexibility index (Phi) is 2.85. The first kappa shape index (κ1) is 11.0. The lowest BCUT2D eigenvalue weighted by Gasteiger charge is -2.05. The highest BCUT2D eigenvalue weighted by Gasteiger charge is 2.16. The SMILES string of the molecule is Cc1nnc(CNCc2cccc3c2OCO3)o1. The van der Waals surface area contributed by atoms with E-state index in [1.807, 2.05) is 18.2 Å². The minimum atomic E-state index is 0.287. The van der Waals surface area contributed by atoms with Gasteiger partial charge in [-0.25, -0.2) is 0 Å². The van der Waals surface area contributed by atoms with E-state index in [-0.39, 0.29) is 6.79 Å². The minimum absolute atomic E-state index is 0.287. The number of para-hydroxylation sites is 1. The average Bonchev–Trinajstić information content (AvgIpc) is 2.98. The number of nitrogens with zero attached hydrogens (tertiary/aromatic N) is 2. The lowest BCUT2D eigenvalue weighted by atomic mass is 10.2. The van der Waals surface area contributed by atoms with E-state index in [4.69, 9.17) is 13.9 Å². The Morgan fingerprint density at radius 3 is 3.00 bits per heavy atom. The Hall–Kier alpha value is -2.08. The second-order valence-corrected chi connectivity index (χ2v) is 3.97. The monoisotopic (exact) mass is 247 g/mol. The van der Waals surface area contributed by atoms with Crippen molar-refractivity contribution in [3.8, 4) is 11.5 Å². The molecule has 1 N–H and O–H groups in total. The predicted octanol–water partition coefficient (Wildman–Crippen LogP) is 1.40. The molecule has 0 bridgehead atoms. The Balaban J connectivity index is 1.62. The van der Waals surface area contributed by atoms with Gasteiger partial charge in [0.05, 0.1) is 6.54 Å². The lowest BCUT2D eigenvalue weighted by molar-refractivity contribution is 0.173. The van der Waals surface area contributed by atoms with Gasteiger partial charge in [-0.3, -0.25) is 0 Å². The van der Waals surface area contributed by atoms with Gasteiger partial charge >= 0.3 is 0 Å². The van der Waals surface area contributed by atoms with Crippen molar-refractivity contribution in [3.05, 3.63) is 35.5 Å². The first-order valence-corrected chi connectivity index (χ1v) is 5.70. The molecule has 6 heteroatoms. The normalized spacial score (nSPS) is 12.9. The standard InChI is InChI=1S/C12H13N3O3/c1-8-14-15-11(18-8)6-13-5-9-3-2-4-10-12(9)17-7-16-10/h2-4,13H,5-7H2,1H3. The van der Waals surface area contributed by atoms with Gasteiger partial charge in [0.15, 0.2) is 11.5 Å². The van der Waals surface area contributed by atoms with Gasteiger partial charge in [-0.15, -0.1) is 10.2 Å². The van der Waals surface area contributed by atoms with Crippen LogP contribution in [0, 0.1) is 6.92 Å². The lowest BCUT2D eigenvalue weighted by Crippen LogP contribution is -2.13. The molecule has 18 heavy (non-hydrogen) atoms. The third-order valence-corrected chi connectivity index (χ3v) is 2.64. The van der Waals surface area contributed by atoms with Crippen LogP contribution in [0.1, 0.15) is 17.3 Å². The van der Waals surface area contributed by atoms with Gasteiger partial charge in [-0.1, -0.05) is 12.1 Å². The molecule has 0 aliphatic carbocycles. The van der Waals surface area contributed by atoms with Crippen molar-refractivity contribution in [2.75, 3.05) is 6.79 Å². The zero-order valence-electron chi connectivity index (χ0n) is 9.97. The number of rotatable bonds is 4. The molecule has 1 aliphatic heterocycles. The van der Waals surface area contributed by atoms with E-state index >= 15 is 0 Å². The van der Waals surface area contributed by atoms with Gasteiger partial charge < -0.3 is 19.2 Å². The molecule has 1 aromatic carbocycles. The van der Waals surface area contributed by atoms with Crippen LogP contribution in [-0.2, 0) is 13.1 Å². The fourth-order valence-corrected chi connectivity index (χ4v) is 1.84. The number of fused-ring (bicyclic) bond motifs is 1. The van der Waals surface area contributed by atoms with E-state index in [2.05, 4.69) is 15.5 Å². The molecule has 0 amide bonds. The Labute approximate surface area is 104 Å².